The smallest absolute Gasteiger partial charge is 0.101 e. The minimum atomic E-state index is 0. The Bertz CT molecular complexity index is 676. The van der Waals surface area contributed by atoms with Crippen LogP contribution in [-0.4, -0.2) is 13.6 Å². The van der Waals surface area contributed by atoms with Crippen LogP contribution >= 0.6 is 12.4 Å². The van der Waals surface area contributed by atoms with Crippen molar-refractivity contribution in [1.29, 1.82) is 5.26 Å². The zero-order chi connectivity index (χ0) is 13.9. The average molecular weight is 300 g/mol. The van der Waals surface area contributed by atoms with E-state index in [1.165, 1.54) is 11.1 Å². The van der Waals surface area contributed by atoms with Crippen LogP contribution in [0, 0.1) is 11.3 Å². The lowest BCUT2D eigenvalue weighted by Gasteiger charge is -2.24. The summed E-state index contributed by atoms with van der Waals surface area (Å²) in [6.45, 7) is 1.98. The molecule has 0 saturated heterocycles. The molecule has 2 aromatic carbocycles. The Hall–Kier alpha value is -2.02. The highest BCUT2D eigenvalue weighted by Gasteiger charge is 2.13. The normalized spacial score (nSPS) is 12.8. The lowest BCUT2D eigenvalue weighted by molar-refractivity contribution is 0.644. The quantitative estimate of drug-likeness (QED) is 0.924. The summed E-state index contributed by atoms with van der Waals surface area (Å²) in [5, 5.41) is 12.6. The molecule has 0 atom stereocenters. The van der Waals surface area contributed by atoms with Gasteiger partial charge in [0.15, 0.2) is 0 Å². The summed E-state index contributed by atoms with van der Waals surface area (Å²) in [7, 11) is 2.01. The number of anilines is 2. The topological polar surface area (TPSA) is 39.1 Å². The van der Waals surface area contributed by atoms with Crippen molar-refractivity contribution in [3.8, 4) is 6.07 Å². The minimum absolute atomic E-state index is 0. The summed E-state index contributed by atoms with van der Waals surface area (Å²) in [4.78, 5) is 2.08. The van der Waals surface area contributed by atoms with Gasteiger partial charge in [0.2, 0.25) is 0 Å². The maximum atomic E-state index is 9.22. The molecule has 1 N–H and O–H groups in total. The molecule has 0 spiro atoms. The second-order valence-corrected chi connectivity index (χ2v) is 5.07. The molecule has 0 fully saturated rings. The maximum absolute atomic E-state index is 9.22. The third kappa shape index (κ3) is 3.02. The summed E-state index contributed by atoms with van der Waals surface area (Å²) in [6.07, 6.45) is 1.09. The third-order valence-corrected chi connectivity index (χ3v) is 3.85. The highest BCUT2D eigenvalue weighted by atomic mass is 35.5. The summed E-state index contributed by atoms with van der Waals surface area (Å²) in [5.41, 5.74) is 5.55. The van der Waals surface area contributed by atoms with E-state index < -0.39 is 0 Å². The van der Waals surface area contributed by atoms with Crippen molar-refractivity contribution < 1.29 is 0 Å². The molecule has 0 saturated carbocycles. The molecule has 1 aliphatic rings. The van der Waals surface area contributed by atoms with E-state index in [1.807, 2.05) is 31.3 Å². The van der Waals surface area contributed by atoms with Gasteiger partial charge in [-0.1, -0.05) is 18.2 Å². The third-order valence-electron chi connectivity index (χ3n) is 3.85. The van der Waals surface area contributed by atoms with Crippen molar-refractivity contribution in [3.05, 3.63) is 59.2 Å². The number of nitriles is 1. The number of hydrogen-bond acceptors (Lipinski definition) is 3. The van der Waals surface area contributed by atoms with Gasteiger partial charge in [-0.2, -0.15) is 5.26 Å². The van der Waals surface area contributed by atoms with Crippen LogP contribution in [0.25, 0.3) is 0 Å². The van der Waals surface area contributed by atoms with Crippen LogP contribution in [0.2, 0.25) is 0 Å². The van der Waals surface area contributed by atoms with Crippen LogP contribution in [-0.2, 0) is 13.0 Å². The number of halogens is 1. The SMILES string of the molecule is CN(c1ccc2c(c1)CNCC2)c1ccccc1C#N.Cl. The fourth-order valence-electron chi connectivity index (χ4n) is 2.68. The van der Waals surface area contributed by atoms with Crippen LogP contribution < -0.4 is 10.2 Å². The van der Waals surface area contributed by atoms with Gasteiger partial charge in [-0.3, -0.25) is 0 Å². The molecule has 0 amide bonds. The van der Waals surface area contributed by atoms with E-state index in [9.17, 15) is 5.26 Å². The first kappa shape index (κ1) is 15.4. The molecule has 0 bridgehead atoms. The molecule has 1 aliphatic heterocycles. The van der Waals surface area contributed by atoms with E-state index in [4.69, 9.17) is 0 Å². The molecule has 3 nitrogen and oxygen atoms in total. The van der Waals surface area contributed by atoms with Crippen molar-refractivity contribution in [2.45, 2.75) is 13.0 Å². The largest absolute Gasteiger partial charge is 0.344 e. The number of hydrogen-bond donors (Lipinski definition) is 1. The van der Waals surface area contributed by atoms with Crippen LogP contribution in [0.4, 0.5) is 11.4 Å². The number of nitrogens with one attached hydrogen (secondary N) is 1. The maximum Gasteiger partial charge on any atom is 0.101 e. The zero-order valence-electron chi connectivity index (χ0n) is 12.0. The lowest BCUT2D eigenvalue weighted by atomic mass is 10.00. The molecule has 108 valence electrons. The van der Waals surface area contributed by atoms with Crippen molar-refractivity contribution in [1.82, 2.24) is 5.32 Å². The second kappa shape index (κ2) is 6.62. The number of rotatable bonds is 2. The van der Waals surface area contributed by atoms with Gasteiger partial charge in [-0.05, 0) is 48.4 Å². The van der Waals surface area contributed by atoms with E-state index in [1.54, 1.807) is 0 Å². The van der Waals surface area contributed by atoms with Gasteiger partial charge in [0.25, 0.3) is 0 Å². The van der Waals surface area contributed by atoms with E-state index >= 15 is 0 Å². The summed E-state index contributed by atoms with van der Waals surface area (Å²) >= 11 is 0. The van der Waals surface area contributed by atoms with Gasteiger partial charge in [-0.15, -0.1) is 12.4 Å². The van der Waals surface area contributed by atoms with Crippen molar-refractivity contribution >= 4 is 23.8 Å². The van der Waals surface area contributed by atoms with E-state index in [2.05, 4.69) is 34.5 Å². The first-order valence-electron chi connectivity index (χ1n) is 6.85. The Balaban J connectivity index is 0.00000161. The number of para-hydroxylation sites is 1. The fourth-order valence-corrected chi connectivity index (χ4v) is 2.68. The van der Waals surface area contributed by atoms with E-state index in [0.717, 1.165) is 30.9 Å². The Morgan fingerprint density at radius 1 is 1.14 bits per heavy atom. The number of benzene rings is 2. The van der Waals surface area contributed by atoms with Gasteiger partial charge >= 0.3 is 0 Å². The van der Waals surface area contributed by atoms with Crippen molar-refractivity contribution in [2.24, 2.45) is 0 Å². The summed E-state index contributed by atoms with van der Waals surface area (Å²) < 4.78 is 0. The molecule has 1 heterocycles. The zero-order valence-corrected chi connectivity index (χ0v) is 12.8. The van der Waals surface area contributed by atoms with Crippen LogP contribution in [0.1, 0.15) is 16.7 Å². The molecule has 0 radical (unpaired) electrons. The fraction of sp³-hybridized carbons (Fsp3) is 0.235. The minimum Gasteiger partial charge on any atom is -0.344 e. The molecule has 21 heavy (non-hydrogen) atoms. The van der Waals surface area contributed by atoms with E-state index in [-0.39, 0.29) is 12.4 Å². The molecule has 0 aromatic heterocycles. The van der Waals surface area contributed by atoms with Crippen molar-refractivity contribution in [3.63, 3.8) is 0 Å². The Morgan fingerprint density at radius 2 is 1.95 bits per heavy atom. The molecule has 4 heteroatoms. The number of nitrogens with zero attached hydrogens (tertiary/aromatic N) is 2. The van der Waals surface area contributed by atoms with Crippen LogP contribution in [0.15, 0.2) is 42.5 Å². The molecule has 2 aromatic rings. The Labute approximate surface area is 131 Å². The van der Waals surface area contributed by atoms with Gasteiger partial charge in [0, 0.05) is 19.3 Å². The van der Waals surface area contributed by atoms with Gasteiger partial charge < -0.3 is 10.2 Å². The molecular formula is C17H18ClN3. The first-order valence-corrected chi connectivity index (χ1v) is 6.85. The Kier molecular flexibility index (Phi) is 4.85. The standard InChI is InChI=1S/C17H17N3.ClH/c1-20(17-5-3-2-4-14(17)11-18)16-7-6-13-8-9-19-12-15(13)10-16;/h2-7,10,19H,8-9,12H2,1H3;1H. The number of fused-ring (bicyclic) bond motifs is 1. The van der Waals surface area contributed by atoms with Gasteiger partial charge in [0.05, 0.1) is 11.3 Å². The first-order chi connectivity index (χ1) is 9.79. The van der Waals surface area contributed by atoms with Gasteiger partial charge in [-0.25, -0.2) is 0 Å². The molecule has 0 aliphatic carbocycles. The second-order valence-electron chi connectivity index (χ2n) is 5.07. The predicted octanol–water partition coefficient (Wildman–Crippen LogP) is 3.39. The predicted molar refractivity (Wildman–Crippen MR) is 88.3 cm³/mol. The molecular weight excluding hydrogens is 282 g/mol. The lowest BCUT2D eigenvalue weighted by Crippen LogP contribution is -2.24. The highest BCUT2D eigenvalue weighted by molar-refractivity contribution is 5.85. The molecule has 3 rings (SSSR count). The Morgan fingerprint density at radius 3 is 2.76 bits per heavy atom. The molecule has 0 unspecified atom stereocenters. The van der Waals surface area contributed by atoms with Crippen LogP contribution in [0.3, 0.4) is 0 Å². The van der Waals surface area contributed by atoms with Gasteiger partial charge in [0.1, 0.15) is 6.07 Å². The van der Waals surface area contributed by atoms with E-state index in [0.29, 0.717) is 5.56 Å². The average Bonchev–Trinajstić information content (AvgIpc) is 2.53. The van der Waals surface area contributed by atoms with Crippen LogP contribution in [0.5, 0.6) is 0 Å². The summed E-state index contributed by atoms with van der Waals surface area (Å²) in [6, 6.07) is 16.5. The summed E-state index contributed by atoms with van der Waals surface area (Å²) in [5.74, 6) is 0. The monoisotopic (exact) mass is 299 g/mol. The van der Waals surface area contributed by atoms with Crippen molar-refractivity contribution in [2.75, 3.05) is 18.5 Å². The highest BCUT2D eigenvalue weighted by Crippen LogP contribution is 2.29.